The number of nitrogens with zero attached hydrogens (tertiary/aromatic N) is 4. The molecule has 6 aromatic carbocycles. The first kappa shape index (κ1) is 75.9. The minimum absolute atomic E-state index is 0.0286. The van der Waals surface area contributed by atoms with E-state index in [9.17, 15) is 55.1 Å². The number of para-hydroxylation sites is 2. The van der Waals surface area contributed by atoms with E-state index in [-0.39, 0.29) is 35.7 Å². The number of anilines is 2. The molecule has 0 aromatic heterocycles. The van der Waals surface area contributed by atoms with Crippen molar-refractivity contribution in [3.63, 3.8) is 0 Å². The van der Waals surface area contributed by atoms with Crippen molar-refractivity contribution in [3.8, 4) is 0 Å². The number of likely N-dealkylation sites (N-methyl/N-ethyl adjacent to an activating group) is 2. The molecule has 0 radical (unpaired) electrons. The summed E-state index contributed by atoms with van der Waals surface area (Å²) in [5, 5.41) is 24.3. The maximum absolute atomic E-state index is 13.6. The van der Waals surface area contributed by atoms with E-state index in [1.807, 2.05) is 159 Å². The molecular formula is C72H80F6N6O14. The predicted octanol–water partition coefficient (Wildman–Crippen LogP) is 7.78. The number of ether oxygens (including phenoxy) is 4. The van der Waals surface area contributed by atoms with Gasteiger partial charge in [-0.25, -0.2) is 19.2 Å². The average molecular weight is 1370 g/mol. The minimum Gasteiger partial charge on any atom is -0.542 e. The Balaban J connectivity index is 0.000000231. The quantitative estimate of drug-likeness (QED) is 0.0193. The van der Waals surface area contributed by atoms with E-state index in [1.54, 1.807) is 48.5 Å². The molecule has 12 rings (SSSR count). The number of quaternary nitrogens is 2. The van der Waals surface area contributed by atoms with Crippen LogP contribution in [0.2, 0.25) is 0 Å². The van der Waals surface area contributed by atoms with Crippen molar-refractivity contribution in [1.29, 1.82) is 0 Å². The summed E-state index contributed by atoms with van der Waals surface area (Å²) < 4.78 is 87.4. The van der Waals surface area contributed by atoms with Crippen LogP contribution in [-0.4, -0.2) is 198 Å². The molecule has 6 aliphatic rings. The van der Waals surface area contributed by atoms with Crippen LogP contribution in [0.15, 0.2) is 170 Å². The molecule has 98 heavy (non-hydrogen) atoms. The molecule has 6 aliphatic heterocycles. The van der Waals surface area contributed by atoms with Gasteiger partial charge in [0.05, 0.1) is 37.3 Å². The van der Waals surface area contributed by atoms with Gasteiger partial charge in [0.25, 0.3) is 0 Å². The van der Waals surface area contributed by atoms with Gasteiger partial charge >= 0.3 is 36.2 Å². The highest BCUT2D eigenvalue weighted by Crippen LogP contribution is 2.39. The van der Waals surface area contributed by atoms with E-state index < -0.39 is 48.3 Å². The average Bonchev–Trinajstić information content (AvgIpc) is 0.775. The maximum atomic E-state index is 13.6. The first-order valence-electron chi connectivity index (χ1n) is 31.8. The van der Waals surface area contributed by atoms with Gasteiger partial charge in [-0.15, -0.1) is 0 Å². The lowest BCUT2D eigenvalue weighted by Gasteiger charge is -2.51. The summed E-state index contributed by atoms with van der Waals surface area (Å²) in [6.07, 6.45) is -7.18. The molecule has 0 amide bonds. The minimum atomic E-state index is -5.19. The van der Waals surface area contributed by atoms with Gasteiger partial charge in [-0.2, -0.15) is 26.3 Å². The normalized spacial score (nSPS) is 20.4. The number of fused-ring (bicyclic) bond motifs is 6. The molecule has 6 heterocycles. The Bertz CT molecular complexity index is 3360. The van der Waals surface area contributed by atoms with E-state index in [1.165, 1.54) is 0 Å². The van der Waals surface area contributed by atoms with Crippen molar-refractivity contribution in [2.24, 2.45) is 11.8 Å². The number of piperidine rings is 6. The van der Waals surface area contributed by atoms with Crippen molar-refractivity contribution >= 4 is 58.8 Å². The van der Waals surface area contributed by atoms with E-state index in [0.717, 1.165) is 74.4 Å². The lowest BCUT2D eigenvalue weighted by molar-refractivity contribution is -0.938. The van der Waals surface area contributed by atoms with Crippen LogP contribution in [-0.2, 0) is 38.1 Å². The molecule has 524 valence electrons. The Kier molecular flexibility index (Phi) is 27.2. The molecule has 6 saturated heterocycles. The number of hydrogen-bond donors (Lipinski definition) is 2. The number of carbonyl (C=O) groups excluding carboxylic acids is 8. The molecule has 0 aliphatic carbocycles. The summed E-state index contributed by atoms with van der Waals surface area (Å²) >= 11 is 0. The molecule has 6 fully saturated rings. The van der Waals surface area contributed by atoms with Crippen LogP contribution in [0.3, 0.4) is 0 Å². The Hall–Kier alpha value is -9.50. The number of rotatable bonds is 24. The Labute approximate surface area is 564 Å². The highest BCUT2D eigenvalue weighted by Gasteiger charge is 2.51. The highest BCUT2D eigenvalue weighted by atomic mass is 19.4. The Morgan fingerprint density at radius 1 is 0.449 bits per heavy atom. The lowest BCUT2D eigenvalue weighted by atomic mass is 9.82. The fourth-order valence-corrected chi connectivity index (χ4v) is 12.0. The second-order valence-electron chi connectivity index (χ2n) is 25.0. The zero-order chi connectivity index (χ0) is 71.2. The molecule has 20 nitrogen and oxygen atoms in total. The van der Waals surface area contributed by atoms with Crippen molar-refractivity contribution in [3.05, 3.63) is 203 Å². The predicted molar refractivity (Wildman–Crippen MR) is 345 cm³/mol. The molecule has 6 aromatic rings. The summed E-state index contributed by atoms with van der Waals surface area (Å²) in [7, 11) is 7.67. The van der Waals surface area contributed by atoms with Crippen LogP contribution in [0, 0.1) is 11.8 Å². The molecule has 4 bridgehead atoms. The number of esters is 4. The number of carboxylic acid groups (broad SMARTS) is 2. The van der Waals surface area contributed by atoms with Gasteiger partial charge in [0.2, 0.25) is 11.6 Å². The molecule has 0 saturated carbocycles. The molecular weight excluding hydrogens is 1290 g/mol. The third-order valence-corrected chi connectivity index (χ3v) is 17.4. The zero-order valence-corrected chi connectivity index (χ0v) is 54.7. The van der Waals surface area contributed by atoms with Gasteiger partial charge in [0.1, 0.15) is 51.3 Å². The third-order valence-electron chi connectivity index (χ3n) is 17.4. The number of alkyl halides is 6. The zero-order valence-electron chi connectivity index (χ0n) is 54.7. The molecule has 0 spiro atoms. The van der Waals surface area contributed by atoms with E-state index >= 15 is 0 Å². The Morgan fingerprint density at radius 3 is 1.00 bits per heavy atom. The van der Waals surface area contributed by atoms with Gasteiger partial charge in [0.15, 0.2) is 24.3 Å². The van der Waals surface area contributed by atoms with Crippen LogP contribution in [0.5, 0.6) is 0 Å². The van der Waals surface area contributed by atoms with Crippen molar-refractivity contribution < 1.29 is 103 Å². The number of benzene rings is 6. The number of carbonyl (C=O) groups is 8. The van der Waals surface area contributed by atoms with Gasteiger partial charge in [-0.05, 0) is 87.8 Å². The first-order chi connectivity index (χ1) is 46.5. The summed E-state index contributed by atoms with van der Waals surface area (Å²) in [4.78, 5) is 100. The number of halogens is 6. The SMILES string of the molecule is CN(C)CCOC(=O)c1ccc(C(=O)C[N+]23CCC(CC2)[C@@H](OC(=O)[C@H](Nc2ccccc2)c2ccccc2)C3)cc1.CN(C)CCOC(=O)c1ccc(C(=O)C[N+]23CCC(CC2)[C@@H](OC(=O)[C@H](Nc2ccccc2)c2ccccc2)C3)cc1.O=C([O-])C(F)(F)F.O=C([O-])C(F)(F)F. The van der Waals surface area contributed by atoms with E-state index in [0.29, 0.717) is 95.5 Å². The fourth-order valence-electron chi connectivity index (χ4n) is 12.0. The van der Waals surface area contributed by atoms with Gasteiger partial charge in [-0.3, -0.25) is 9.59 Å². The van der Waals surface area contributed by atoms with Crippen LogP contribution >= 0.6 is 0 Å². The van der Waals surface area contributed by atoms with Gasteiger partial charge in [0, 0.05) is 73.1 Å². The summed E-state index contributed by atoms with van der Waals surface area (Å²) in [5.41, 5.74) is 5.39. The monoisotopic (exact) mass is 1370 g/mol. The van der Waals surface area contributed by atoms with Gasteiger partial charge in [-0.1, -0.05) is 121 Å². The standard InChI is InChI=1S/2C34H40N3O5.2C2HF3O2/c2*1-36(2)19-22-41-33(39)28-15-13-25(14-16-28)30(38)23-37-20-17-26(18-21-37)31(24-37)42-34(40)32(27-9-5-3-6-10-27)35-29-11-7-4-8-12-29;2*3-2(4,5)1(6)7/h2*3-16,26,31-32,35H,17-24H2,1-2H3;2*(H,6,7)/q2*+1;;/p-2/t2*26?,31-,32+,37?;;/m00../s1. The van der Waals surface area contributed by atoms with E-state index in [4.69, 9.17) is 38.7 Å². The summed E-state index contributed by atoms with van der Waals surface area (Å²) in [6.45, 7) is 7.45. The third kappa shape index (κ3) is 22.8. The van der Waals surface area contributed by atoms with Crippen molar-refractivity contribution in [2.45, 2.75) is 62.3 Å². The van der Waals surface area contributed by atoms with Gasteiger partial charge < -0.3 is 68.1 Å². The number of hydrogen-bond acceptors (Lipinski definition) is 18. The second kappa shape index (κ2) is 35.1. The number of ketones is 2. The number of carboxylic acids is 2. The topological polar surface area (TPSA) is 250 Å². The molecule has 2 N–H and O–H groups in total. The van der Waals surface area contributed by atoms with Crippen LogP contribution < -0.4 is 20.8 Å². The van der Waals surface area contributed by atoms with Crippen LogP contribution in [0.4, 0.5) is 37.7 Å². The van der Waals surface area contributed by atoms with Crippen LogP contribution in [0.1, 0.15) is 90.3 Å². The molecule has 26 heteroatoms. The maximum Gasteiger partial charge on any atom is 0.430 e. The number of Topliss-reactive ketones (excluding diaryl/α,β-unsaturated/α-hetero) is 2. The second-order valence-corrected chi connectivity index (χ2v) is 25.0. The van der Waals surface area contributed by atoms with Crippen molar-refractivity contribution in [2.75, 3.05) is 117 Å². The first-order valence-corrected chi connectivity index (χ1v) is 31.8. The van der Waals surface area contributed by atoms with Crippen LogP contribution in [0.25, 0.3) is 0 Å². The lowest BCUT2D eigenvalue weighted by Crippen LogP contribution is -2.65. The van der Waals surface area contributed by atoms with E-state index in [2.05, 4.69) is 10.6 Å². The fraction of sp³-hybridized carbons (Fsp3) is 0.389. The summed E-state index contributed by atoms with van der Waals surface area (Å²) in [6, 6.07) is 50.8. The highest BCUT2D eigenvalue weighted by molar-refractivity contribution is 5.99. The largest absolute Gasteiger partial charge is 0.542 e. The van der Waals surface area contributed by atoms with Crippen molar-refractivity contribution in [1.82, 2.24) is 9.80 Å². The summed E-state index contributed by atoms with van der Waals surface area (Å²) in [5.74, 6) is -6.75. The Morgan fingerprint density at radius 2 is 0.724 bits per heavy atom. The number of aliphatic carboxylic acids is 2. The molecule has 4 atom stereocenters. The molecule has 0 unspecified atom stereocenters. The number of nitrogens with one attached hydrogen (secondary N) is 2. The smallest absolute Gasteiger partial charge is 0.430 e.